The standard InChI is InChI=1S/C21H25NO7S/c1-4-6-17-18(8-7-16(14(3)23)19(17)24)29-9-5-10-30(27,28)20-13(2)11-15(12-22-20)21(25)26/h7-8,11-12,24H,4-6,9-10H2,1-3H3,(H,25,26). The fourth-order valence-electron chi connectivity index (χ4n) is 3.06. The second-order valence-corrected chi connectivity index (χ2v) is 8.94. The highest BCUT2D eigenvalue weighted by molar-refractivity contribution is 7.91. The molecule has 30 heavy (non-hydrogen) atoms. The molecule has 2 N–H and O–H groups in total. The summed E-state index contributed by atoms with van der Waals surface area (Å²) in [5.41, 5.74) is 0.937. The molecule has 8 nitrogen and oxygen atoms in total. The average molecular weight is 435 g/mol. The number of aromatic hydroxyl groups is 1. The van der Waals surface area contributed by atoms with Gasteiger partial charge in [-0.2, -0.15) is 0 Å². The number of hydrogen-bond acceptors (Lipinski definition) is 7. The summed E-state index contributed by atoms with van der Waals surface area (Å²) in [4.78, 5) is 26.4. The number of hydrogen-bond donors (Lipinski definition) is 2. The first-order valence-electron chi connectivity index (χ1n) is 9.49. The number of ketones is 1. The molecule has 0 aliphatic carbocycles. The summed E-state index contributed by atoms with van der Waals surface area (Å²) in [6.45, 7) is 4.89. The molecule has 0 spiro atoms. The number of aromatic carboxylic acids is 1. The number of ether oxygens (including phenoxy) is 1. The Labute approximate surface area is 175 Å². The molecule has 1 aromatic heterocycles. The number of sulfone groups is 1. The van der Waals surface area contributed by atoms with Crippen LogP contribution in [0, 0.1) is 6.92 Å². The van der Waals surface area contributed by atoms with Crippen molar-refractivity contribution in [1.82, 2.24) is 4.98 Å². The molecular weight excluding hydrogens is 410 g/mol. The van der Waals surface area contributed by atoms with E-state index in [4.69, 9.17) is 9.84 Å². The number of carbonyl (C=O) groups excluding carboxylic acids is 1. The van der Waals surface area contributed by atoms with Crippen molar-refractivity contribution in [1.29, 1.82) is 0 Å². The highest BCUT2D eigenvalue weighted by Gasteiger charge is 2.21. The molecule has 1 aromatic carbocycles. The number of Topliss-reactive ketones (excluding diaryl/α,β-unsaturated/α-hetero) is 1. The zero-order valence-corrected chi connectivity index (χ0v) is 18.0. The van der Waals surface area contributed by atoms with Gasteiger partial charge in [-0.05, 0) is 50.5 Å². The molecule has 2 aromatic rings. The average Bonchev–Trinajstić information content (AvgIpc) is 2.67. The number of benzene rings is 1. The van der Waals surface area contributed by atoms with Crippen LogP contribution in [0.4, 0.5) is 0 Å². The molecule has 162 valence electrons. The van der Waals surface area contributed by atoms with E-state index in [2.05, 4.69) is 4.98 Å². The highest BCUT2D eigenvalue weighted by Crippen LogP contribution is 2.33. The Hall–Kier alpha value is -2.94. The van der Waals surface area contributed by atoms with Crippen LogP contribution in [0.2, 0.25) is 0 Å². The van der Waals surface area contributed by atoms with E-state index in [-0.39, 0.29) is 52.0 Å². The van der Waals surface area contributed by atoms with Crippen LogP contribution in [0.15, 0.2) is 29.4 Å². The van der Waals surface area contributed by atoms with E-state index in [0.717, 1.165) is 12.6 Å². The first kappa shape index (κ1) is 23.3. The van der Waals surface area contributed by atoms with Gasteiger partial charge in [0.15, 0.2) is 20.6 Å². The van der Waals surface area contributed by atoms with Crippen LogP contribution in [0.3, 0.4) is 0 Å². The van der Waals surface area contributed by atoms with Gasteiger partial charge in [-0.15, -0.1) is 0 Å². The lowest BCUT2D eigenvalue weighted by molar-refractivity contribution is 0.0695. The Morgan fingerprint density at radius 3 is 2.50 bits per heavy atom. The minimum absolute atomic E-state index is 0.0768. The van der Waals surface area contributed by atoms with Gasteiger partial charge in [0.05, 0.1) is 23.5 Å². The smallest absolute Gasteiger partial charge is 0.337 e. The van der Waals surface area contributed by atoms with Crippen molar-refractivity contribution in [2.75, 3.05) is 12.4 Å². The monoisotopic (exact) mass is 435 g/mol. The van der Waals surface area contributed by atoms with Crippen molar-refractivity contribution < 1.29 is 33.0 Å². The summed E-state index contributed by atoms with van der Waals surface area (Å²) < 4.78 is 30.8. The van der Waals surface area contributed by atoms with Crippen molar-refractivity contribution >= 4 is 21.6 Å². The van der Waals surface area contributed by atoms with Gasteiger partial charge >= 0.3 is 5.97 Å². The third kappa shape index (κ3) is 5.35. The molecule has 0 fully saturated rings. The van der Waals surface area contributed by atoms with E-state index in [1.54, 1.807) is 6.07 Å². The number of carboxylic acid groups (broad SMARTS) is 1. The molecule has 0 bridgehead atoms. The van der Waals surface area contributed by atoms with Gasteiger partial charge in [-0.25, -0.2) is 18.2 Å². The van der Waals surface area contributed by atoms with Crippen molar-refractivity contribution in [3.05, 3.63) is 46.6 Å². The molecule has 0 aliphatic rings. The van der Waals surface area contributed by atoms with Crippen molar-refractivity contribution in [2.24, 2.45) is 0 Å². The zero-order chi connectivity index (χ0) is 22.5. The Bertz CT molecular complexity index is 1060. The Kier molecular flexibility index (Phi) is 7.55. The topological polar surface area (TPSA) is 131 Å². The summed E-state index contributed by atoms with van der Waals surface area (Å²) in [7, 11) is -3.71. The first-order chi connectivity index (χ1) is 14.1. The van der Waals surface area contributed by atoms with Crippen LogP contribution in [0.1, 0.15) is 58.5 Å². The fraction of sp³-hybridized carbons (Fsp3) is 0.381. The summed E-state index contributed by atoms with van der Waals surface area (Å²) in [6, 6.07) is 4.36. The minimum atomic E-state index is -3.71. The highest BCUT2D eigenvalue weighted by atomic mass is 32.2. The summed E-state index contributed by atoms with van der Waals surface area (Å²) in [6.07, 6.45) is 2.44. The molecule has 0 atom stereocenters. The maximum Gasteiger partial charge on any atom is 0.337 e. The van der Waals surface area contributed by atoms with Crippen LogP contribution in [0.25, 0.3) is 0 Å². The molecule has 2 rings (SSSR count). The van der Waals surface area contributed by atoms with Crippen LogP contribution >= 0.6 is 0 Å². The molecule has 0 amide bonds. The third-order valence-electron chi connectivity index (χ3n) is 4.51. The predicted molar refractivity (Wildman–Crippen MR) is 110 cm³/mol. The Morgan fingerprint density at radius 2 is 1.93 bits per heavy atom. The van der Waals surface area contributed by atoms with Crippen molar-refractivity contribution in [2.45, 2.75) is 45.1 Å². The van der Waals surface area contributed by atoms with Crippen molar-refractivity contribution in [3.63, 3.8) is 0 Å². The quantitative estimate of drug-likeness (QED) is 0.430. The maximum absolute atomic E-state index is 12.5. The molecule has 0 radical (unpaired) electrons. The SMILES string of the molecule is CCCc1c(OCCCS(=O)(=O)c2ncc(C(=O)O)cc2C)ccc(C(C)=O)c1O. The molecule has 0 unspecified atom stereocenters. The molecule has 9 heteroatoms. The molecule has 0 saturated carbocycles. The summed E-state index contributed by atoms with van der Waals surface area (Å²) in [5, 5.41) is 19.2. The second kappa shape index (κ2) is 9.71. The van der Waals surface area contributed by atoms with Gasteiger partial charge in [0.2, 0.25) is 0 Å². The van der Waals surface area contributed by atoms with Crippen molar-refractivity contribution in [3.8, 4) is 11.5 Å². The summed E-state index contributed by atoms with van der Waals surface area (Å²) >= 11 is 0. The molecule has 1 heterocycles. The number of phenolic OH excluding ortho intramolecular Hbond substituents is 1. The number of nitrogens with zero attached hydrogens (tertiary/aromatic N) is 1. The molecular formula is C21H25NO7S. The van der Waals surface area contributed by atoms with Gasteiger partial charge < -0.3 is 14.9 Å². The van der Waals surface area contributed by atoms with E-state index in [9.17, 15) is 23.1 Å². The second-order valence-electron chi connectivity index (χ2n) is 6.92. The number of phenols is 1. The number of carbonyl (C=O) groups is 2. The summed E-state index contributed by atoms with van der Waals surface area (Å²) in [5.74, 6) is -1.35. The van der Waals surface area contributed by atoms with Gasteiger partial charge in [0.1, 0.15) is 11.5 Å². The fourth-order valence-corrected chi connectivity index (χ4v) is 4.52. The van der Waals surface area contributed by atoms with Gasteiger partial charge in [-0.3, -0.25) is 4.79 Å². The van der Waals surface area contributed by atoms with E-state index in [0.29, 0.717) is 17.7 Å². The van der Waals surface area contributed by atoms with E-state index < -0.39 is 15.8 Å². The number of pyridine rings is 1. The van der Waals surface area contributed by atoms with Crippen LogP contribution < -0.4 is 4.74 Å². The Morgan fingerprint density at radius 1 is 1.23 bits per heavy atom. The molecule has 0 aliphatic heterocycles. The minimum Gasteiger partial charge on any atom is -0.507 e. The zero-order valence-electron chi connectivity index (χ0n) is 17.1. The largest absolute Gasteiger partial charge is 0.507 e. The first-order valence-corrected chi connectivity index (χ1v) is 11.1. The number of rotatable bonds is 10. The van der Waals surface area contributed by atoms with Gasteiger partial charge in [-0.1, -0.05) is 13.3 Å². The lowest BCUT2D eigenvalue weighted by Crippen LogP contribution is -2.14. The van der Waals surface area contributed by atoms with E-state index in [1.807, 2.05) is 6.92 Å². The number of aryl methyl sites for hydroxylation is 1. The normalized spacial score (nSPS) is 11.3. The van der Waals surface area contributed by atoms with Crippen LogP contribution in [-0.4, -0.2) is 47.7 Å². The lowest BCUT2D eigenvalue weighted by atomic mass is 10.0. The lowest BCUT2D eigenvalue weighted by Gasteiger charge is -2.15. The van der Waals surface area contributed by atoms with E-state index >= 15 is 0 Å². The van der Waals surface area contributed by atoms with Gasteiger partial charge in [0.25, 0.3) is 0 Å². The number of aromatic nitrogens is 1. The predicted octanol–water partition coefficient (Wildman–Crippen LogP) is 3.19. The third-order valence-corrected chi connectivity index (χ3v) is 6.35. The van der Waals surface area contributed by atoms with Gasteiger partial charge in [0, 0.05) is 11.8 Å². The van der Waals surface area contributed by atoms with E-state index in [1.165, 1.54) is 26.0 Å². The van der Waals surface area contributed by atoms with Crippen LogP contribution in [0.5, 0.6) is 11.5 Å². The maximum atomic E-state index is 12.5. The Balaban J connectivity index is 2.08. The number of carboxylic acids is 1. The molecule has 0 saturated heterocycles. The van der Waals surface area contributed by atoms with Crippen LogP contribution in [-0.2, 0) is 16.3 Å².